The van der Waals surface area contributed by atoms with Gasteiger partial charge in [0.2, 0.25) is 0 Å². The number of hydrogen-bond acceptors (Lipinski definition) is 1. The molecule has 1 saturated heterocycles. The second kappa shape index (κ2) is 2.85. The maximum atomic E-state index is 3.58. The zero-order valence-corrected chi connectivity index (χ0v) is 7.79. The summed E-state index contributed by atoms with van der Waals surface area (Å²) in [5.41, 5.74) is 3.31. The van der Waals surface area contributed by atoms with Crippen molar-refractivity contribution in [2.75, 3.05) is 6.54 Å². The fourth-order valence-electron chi connectivity index (χ4n) is 2.83. The number of hydrogen-bond donors (Lipinski definition) is 1. The molecule has 0 aromatic heterocycles. The van der Waals surface area contributed by atoms with Gasteiger partial charge in [-0.3, -0.25) is 0 Å². The van der Waals surface area contributed by atoms with Crippen LogP contribution in [0.4, 0.5) is 0 Å². The fourth-order valence-corrected chi connectivity index (χ4v) is 2.83. The van der Waals surface area contributed by atoms with Gasteiger partial charge in [0.05, 0.1) is 0 Å². The Hall–Kier alpha value is -0.820. The Morgan fingerprint density at radius 3 is 3.23 bits per heavy atom. The van der Waals surface area contributed by atoms with Crippen molar-refractivity contribution in [3.63, 3.8) is 0 Å². The highest BCUT2D eigenvalue weighted by molar-refractivity contribution is 5.41. The highest BCUT2D eigenvalue weighted by Crippen LogP contribution is 2.37. The Labute approximate surface area is 79.2 Å². The third kappa shape index (κ3) is 1.11. The van der Waals surface area contributed by atoms with Crippen LogP contribution in [-0.2, 0) is 0 Å². The normalized spacial score (nSPS) is 36.3. The summed E-state index contributed by atoms with van der Waals surface area (Å²) in [6, 6.07) is 0.711. The van der Waals surface area contributed by atoms with E-state index in [0.717, 1.165) is 5.92 Å². The van der Waals surface area contributed by atoms with Crippen LogP contribution in [0.2, 0.25) is 0 Å². The topological polar surface area (TPSA) is 12.0 Å². The summed E-state index contributed by atoms with van der Waals surface area (Å²) in [7, 11) is 0. The van der Waals surface area contributed by atoms with Crippen molar-refractivity contribution in [2.24, 2.45) is 5.92 Å². The van der Waals surface area contributed by atoms with Gasteiger partial charge >= 0.3 is 0 Å². The highest BCUT2D eigenvalue weighted by Gasteiger charge is 2.30. The Morgan fingerprint density at radius 2 is 2.23 bits per heavy atom. The molecule has 0 aromatic rings. The SMILES string of the molecule is C1=CC2=C3CCNC3CCC2C=C1. The van der Waals surface area contributed by atoms with Gasteiger partial charge < -0.3 is 5.32 Å². The molecule has 0 radical (unpaired) electrons. The van der Waals surface area contributed by atoms with E-state index in [1.807, 2.05) is 0 Å². The van der Waals surface area contributed by atoms with Crippen molar-refractivity contribution in [3.05, 3.63) is 35.5 Å². The predicted octanol–water partition coefficient (Wildman–Crippen LogP) is 2.18. The van der Waals surface area contributed by atoms with Crippen LogP contribution in [0.1, 0.15) is 19.3 Å². The standard InChI is InChI=1S/C12H15N/c1-2-4-10-9(3-1)5-6-12-11(10)7-8-13-12/h1-4,9,12-13H,5-8H2. The fraction of sp³-hybridized carbons (Fsp3) is 0.500. The summed E-state index contributed by atoms with van der Waals surface area (Å²) in [6.07, 6.45) is 13.0. The monoisotopic (exact) mass is 173 g/mol. The van der Waals surface area contributed by atoms with Crippen LogP contribution in [0.15, 0.2) is 35.5 Å². The first-order chi connectivity index (χ1) is 6.45. The van der Waals surface area contributed by atoms with E-state index in [4.69, 9.17) is 0 Å². The highest BCUT2D eigenvalue weighted by atomic mass is 14.9. The molecule has 3 rings (SSSR count). The van der Waals surface area contributed by atoms with Gasteiger partial charge in [-0.1, -0.05) is 24.3 Å². The number of fused-ring (bicyclic) bond motifs is 2. The molecule has 1 fully saturated rings. The Balaban J connectivity index is 2.05. The quantitative estimate of drug-likeness (QED) is 0.592. The second-order valence-electron chi connectivity index (χ2n) is 4.17. The van der Waals surface area contributed by atoms with E-state index >= 15 is 0 Å². The molecule has 1 aliphatic heterocycles. The van der Waals surface area contributed by atoms with Gasteiger partial charge in [-0.15, -0.1) is 0 Å². The van der Waals surface area contributed by atoms with Gasteiger partial charge in [-0.2, -0.15) is 0 Å². The first kappa shape index (κ1) is 7.57. The average molecular weight is 173 g/mol. The number of rotatable bonds is 0. The molecule has 1 heterocycles. The largest absolute Gasteiger partial charge is 0.310 e. The smallest absolute Gasteiger partial charge is 0.0286 e. The summed E-state index contributed by atoms with van der Waals surface area (Å²) in [6.45, 7) is 1.19. The molecule has 13 heavy (non-hydrogen) atoms. The van der Waals surface area contributed by atoms with Gasteiger partial charge in [0.1, 0.15) is 0 Å². The van der Waals surface area contributed by atoms with Gasteiger partial charge in [-0.05, 0) is 37.0 Å². The summed E-state index contributed by atoms with van der Waals surface area (Å²) in [4.78, 5) is 0. The zero-order valence-electron chi connectivity index (χ0n) is 7.79. The lowest BCUT2D eigenvalue weighted by molar-refractivity contribution is 0.508. The molecule has 2 aliphatic carbocycles. The van der Waals surface area contributed by atoms with E-state index in [2.05, 4.69) is 29.6 Å². The van der Waals surface area contributed by atoms with Crippen molar-refractivity contribution >= 4 is 0 Å². The maximum Gasteiger partial charge on any atom is 0.0286 e. The van der Waals surface area contributed by atoms with Crippen molar-refractivity contribution in [1.29, 1.82) is 0 Å². The summed E-state index contributed by atoms with van der Waals surface area (Å²) in [5, 5.41) is 3.58. The first-order valence-electron chi connectivity index (χ1n) is 5.26. The molecular formula is C12H15N. The van der Waals surface area contributed by atoms with Gasteiger partial charge in [-0.25, -0.2) is 0 Å². The Morgan fingerprint density at radius 1 is 1.23 bits per heavy atom. The van der Waals surface area contributed by atoms with Crippen LogP contribution in [0.25, 0.3) is 0 Å². The zero-order chi connectivity index (χ0) is 8.67. The molecule has 68 valence electrons. The average Bonchev–Trinajstić information content (AvgIpc) is 2.65. The molecule has 0 saturated carbocycles. The molecule has 1 N–H and O–H groups in total. The molecule has 3 aliphatic rings. The van der Waals surface area contributed by atoms with Crippen LogP contribution < -0.4 is 5.32 Å². The van der Waals surface area contributed by atoms with Gasteiger partial charge in [0.15, 0.2) is 0 Å². The van der Waals surface area contributed by atoms with Crippen molar-refractivity contribution in [1.82, 2.24) is 5.32 Å². The van der Waals surface area contributed by atoms with E-state index < -0.39 is 0 Å². The van der Waals surface area contributed by atoms with E-state index in [-0.39, 0.29) is 0 Å². The minimum atomic E-state index is 0.711. The van der Waals surface area contributed by atoms with E-state index in [1.54, 1.807) is 11.1 Å². The first-order valence-corrected chi connectivity index (χ1v) is 5.26. The van der Waals surface area contributed by atoms with E-state index in [1.165, 1.54) is 25.8 Å². The van der Waals surface area contributed by atoms with Crippen molar-refractivity contribution in [3.8, 4) is 0 Å². The van der Waals surface area contributed by atoms with Crippen LogP contribution in [0, 0.1) is 5.92 Å². The molecule has 0 spiro atoms. The third-order valence-corrected chi connectivity index (χ3v) is 3.47. The van der Waals surface area contributed by atoms with E-state index in [9.17, 15) is 0 Å². The molecular weight excluding hydrogens is 158 g/mol. The van der Waals surface area contributed by atoms with Crippen LogP contribution in [0.5, 0.6) is 0 Å². The molecule has 0 amide bonds. The number of allylic oxidation sites excluding steroid dienone is 5. The second-order valence-corrected chi connectivity index (χ2v) is 4.17. The lowest BCUT2D eigenvalue weighted by atomic mass is 9.78. The van der Waals surface area contributed by atoms with Gasteiger partial charge in [0.25, 0.3) is 0 Å². The number of nitrogens with one attached hydrogen (secondary N) is 1. The molecule has 2 unspecified atom stereocenters. The summed E-state index contributed by atoms with van der Waals surface area (Å²) in [5.74, 6) is 0.733. The molecule has 0 aromatic carbocycles. The third-order valence-electron chi connectivity index (χ3n) is 3.47. The molecule has 1 heteroatoms. The minimum Gasteiger partial charge on any atom is -0.310 e. The molecule has 1 nitrogen and oxygen atoms in total. The van der Waals surface area contributed by atoms with Crippen molar-refractivity contribution in [2.45, 2.75) is 25.3 Å². The lowest BCUT2D eigenvalue weighted by Crippen LogP contribution is -2.28. The van der Waals surface area contributed by atoms with E-state index in [0.29, 0.717) is 6.04 Å². The Bertz CT molecular complexity index is 309. The molecule has 2 atom stereocenters. The summed E-state index contributed by atoms with van der Waals surface area (Å²) >= 11 is 0. The molecule has 0 bridgehead atoms. The summed E-state index contributed by atoms with van der Waals surface area (Å²) < 4.78 is 0. The van der Waals surface area contributed by atoms with Crippen LogP contribution >= 0.6 is 0 Å². The predicted molar refractivity (Wildman–Crippen MR) is 54.4 cm³/mol. The van der Waals surface area contributed by atoms with Crippen molar-refractivity contribution < 1.29 is 0 Å². The van der Waals surface area contributed by atoms with Crippen LogP contribution in [-0.4, -0.2) is 12.6 Å². The lowest BCUT2D eigenvalue weighted by Gasteiger charge is -2.28. The van der Waals surface area contributed by atoms with Crippen LogP contribution in [0.3, 0.4) is 0 Å². The van der Waals surface area contributed by atoms with Gasteiger partial charge in [0, 0.05) is 12.0 Å². The maximum absolute atomic E-state index is 3.58. The Kier molecular flexibility index (Phi) is 1.66. The minimum absolute atomic E-state index is 0.711.